The topological polar surface area (TPSA) is 128 Å². The average molecular weight is 531 g/mol. The summed E-state index contributed by atoms with van der Waals surface area (Å²) in [5.74, 6) is -2.18. The van der Waals surface area contributed by atoms with Gasteiger partial charge in [0, 0.05) is 5.56 Å². The van der Waals surface area contributed by atoms with E-state index >= 15 is 0 Å². The second kappa shape index (κ2) is 10.8. The number of carbonyl (C=O) groups excluding carboxylic acids is 3. The number of nitrogens with one attached hydrogen (secondary N) is 2. The molecule has 0 saturated carbocycles. The molecule has 0 fully saturated rings. The van der Waals surface area contributed by atoms with Crippen LogP contribution in [0.1, 0.15) is 42.2 Å². The van der Waals surface area contributed by atoms with E-state index in [4.69, 9.17) is 16.3 Å². The van der Waals surface area contributed by atoms with Gasteiger partial charge in [-0.15, -0.1) is 0 Å². The van der Waals surface area contributed by atoms with Crippen molar-refractivity contribution in [1.29, 1.82) is 0 Å². The number of benzene rings is 3. The molecule has 11 heteroatoms. The highest BCUT2D eigenvalue weighted by molar-refractivity contribution is 7.92. The molecule has 0 aliphatic heterocycles. The van der Waals surface area contributed by atoms with E-state index in [2.05, 4.69) is 14.8 Å². The molecule has 36 heavy (non-hydrogen) atoms. The fourth-order valence-corrected chi connectivity index (χ4v) is 4.92. The Morgan fingerprint density at radius 3 is 2.14 bits per heavy atom. The highest BCUT2D eigenvalue weighted by atomic mass is 35.5. The standard InChI is InChI=1S/C25H23ClN2O7S/c1-14-5-6-15(2)20(11-14)28-36(32,33)22-13-16(8-10-19(22)26)23(29)27-21-12-17(24(30)34-3)7-9-18(21)25(31)35-4/h5-13,28H,1-4H3,(H,27,29). The van der Waals surface area contributed by atoms with Gasteiger partial charge in [-0.1, -0.05) is 23.7 Å². The summed E-state index contributed by atoms with van der Waals surface area (Å²) in [7, 11) is -1.80. The molecule has 0 heterocycles. The Bertz CT molecular complexity index is 1470. The van der Waals surface area contributed by atoms with Gasteiger partial charge in [-0.05, 0) is 67.4 Å². The summed E-state index contributed by atoms with van der Waals surface area (Å²) in [6.45, 7) is 3.58. The summed E-state index contributed by atoms with van der Waals surface area (Å²) in [6.07, 6.45) is 0. The highest BCUT2D eigenvalue weighted by Crippen LogP contribution is 2.28. The van der Waals surface area contributed by atoms with Crippen LogP contribution in [0.5, 0.6) is 0 Å². The molecule has 0 aliphatic rings. The molecule has 3 rings (SSSR count). The molecule has 0 unspecified atom stereocenters. The van der Waals surface area contributed by atoms with E-state index in [9.17, 15) is 22.8 Å². The van der Waals surface area contributed by atoms with Crippen LogP contribution in [0.15, 0.2) is 59.5 Å². The van der Waals surface area contributed by atoms with E-state index in [-0.39, 0.29) is 32.3 Å². The van der Waals surface area contributed by atoms with Gasteiger partial charge in [0.05, 0.1) is 41.7 Å². The van der Waals surface area contributed by atoms with Crippen LogP contribution in [0.4, 0.5) is 11.4 Å². The number of hydrogen-bond donors (Lipinski definition) is 2. The molecular weight excluding hydrogens is 508 g/mol. The molecule has 9 nitrogen and oxygen atoms in total. The Kier molecular flexibility index (Phi) is 8.01. The minimum Gasteiger partial charge on any atom is -0.465 e. The molecule has 0 aliphatic carbocycles. The number of amides is 1. The first-order chi connectivity index (χ1) is 17.0. The van der Waals surface area contributed by atoms with Crippen LogP contribution in [0.3, 0.4) is 0 Å². The van der Waals surface area contributed by atoms with Crippen molar-refractivity contribution in [3.8, 4) is 0 Å². The molecule has 0 spiro atoms. The Morgan fingerprint density at radius 2 is 1.47 bits per heavy atom. The minimum absolute atomic E-state index is 0.0168. The van der Waals surface area contributed by atoms with Crippen LogP contribution >= 0.6 is 11.6 Å². The van der Waals surface area contributed by atoms with Crippen LogP contribution in [0.2, 0.25) is 5.02 Å². The number of anilines is 2. The zero-order valence-electron chi connectivity index (χ0n) is 19.8. The summed E-state index contributed by atoms with van der Waals surface area (Å²) in [6, 6.07) is 12.9. The van der Waals surface area contributed by atoms with Gasteiger partial charge >= 0.3 is 11.9 Å². The molecule has 0 saturated heterocycles. The van der Waals surface area contributed by atoms with Crippen molar-refractivity contribution in [1.82, 2.24) is 0 Å². The third-order valence-corrected chi connectivity index (χ3v) is 7.06. The van der Waals surface area contributed by atoms with Gasteiger partial charge in [0.15, 0.2) is 0 Å². The van der Waals surface area contributed by atoms with E-state index < -0.39 is 27.9 Å². The zero-order chi connectivity index (χ0) is 26.6. The fourth-order valence-electron chi connectivity index (χ4n) is 3.27. The molecule has 0 radical (unpaired) electrons. The third-order valence-electron chi connectivity index (χ3n) is 5.21. The first-order valence-electron chi connectivity index (χ1n) is 10.5. The molecular formula is C25H23ClN2O7S. The molecule has 3 aromatic rings. The SMILES string of the molecule is COC(=O)c1ccc(C(=O)OC)c(NC(=O)c2ccc(Cl)c(S(=O)(=O)Nc3cc(C)ccc3C)c2)c1. The van der Waals surface area contributed by atoms with E-state index in [1.165, 1.54) is 44.6 Å². The maximum Gasteiger partial charge on any atom is 0.339 e. The van der Waals surface area contributed by atoms with Gasteiger partial charge in [0.1, 0.15) is 4.90 Å². The lowest BCUT2D eigenvalue weighted by Gasteiger charge is -2.14. The summed E-state index contributed by atoms with van der Waals surface area (Å²) in [4.78, 5) is 36.8. The summed E-state index contributed by atoms with van der Waals surface area (Å²) in [5, 5.41) is 2.43. The molecule has 0 atom stereocenters. The fraction of sp³-hybridized carbons (Fsp3) is 0.160. The van der Waals surface area contributed by atoms with Gasteiger partial charge in [-0.2, -0.15) is 0 Å². The molecule has 188 valence electrons. The van der Waals surface area contributed by atoms with Gasteiger partial charge < -0.3 is 14.8 Å². The molecule has 1 amide bonds. The van der Waals surface area contributed by atoms with Crippen molar-refractivity contribution >= 4 is 50.8 Å². The van der Waals surface area contributed by atoms with Crippen LogP contribution in [0.25, 0.3) is 0 Å². The van der Waals surface area contributed by atoms with Crippen molar-refractivity contribution in [3.63, 3.8) is 0 Å². The Hall–Kier alpha value is -3.89. The molecule has 3 aromatic carbocycles. The minimum atomic E-state index is -4.16. The molecule has 0 aromatic heterocycles. The number of ether oxygens (including phenoxy) is 2. The Labute approximate surface area is 213 Å². The third kappa shape index (κ3) is 5.84. The van der Waals surface area contributed by atoms with Crippen LogP contribution in [0, 0.1) is 13.8 Å². The van der Waals surface area contributed by atoms with E-state index in [1.807, 2.05) is 13.0 Å². The average Bonchev–Trinajstić information content (AvgIpc) is 2.85. The Morgan fingerprint density at radius 1 is 0.806 bits per heavy atom. The number of esters is 2. The summed E-state index contributed by atoms with van der Waals surface area (Å²) in [5.41, 5.74) is 1.92. The number of carbonyl (C=O) groups is 3. The normalized spacial score (nSPS) is 10.9. The second-order valence-corrected chi connectivity index (χ2v) is 9.82. The van der Waals surface area contributed by atoms with Crippen molar-refractivity contribution in [2.45, 2.75) is 18.7 Å². The summed E-state index contributed by atoms with van der Waals surface area (Å²) >= 11 is 6.18. The maximum atomic E-state index is 13.1. The quantitative estimate of drug-likeness (QED) is 0.428. The van der Waals surface area contributed by atoms with E-state index in [0.717, 1.165) is 11.6 Å². The maximum absolute atomic E-state index is 13.1. The predicted octanol–water partition coefficient (Wildman–Crippen LogP) is 4.58. The van der Waals surface area contributed by atoms with Gasteiger partial charge in [0.25, 0.3) is 15.9 Å². The molecule has 0 bridgehead atoms. The van der Waals surface area contributed by atoms with Crippen LogP contribution < -0.4 is 10.0 Å². The largest absolute Gasteiger partial charge is 0.465 e. The first-order valence-corrected chi connectivity index (χ1v) is 12.3. The van der Waals surface area contributed by atoms with Gasteiger partial charge in [-0.3, -0.25) is 9.52 Å². The lowest BCUT2D eigenvalue weighted by molar-refractivity contribution is 0.0587. The van der Waals surface area contributed by atoms with Crippen molar-refractivity contribution in [2.24, 2.45) is 0 Å². The monoisotopic (exact) mass is 530 g/mol. The van der Waals surface area contributed by atoms with Crippen molar-refractivity contribution < 1.29 is 32.3 Å². The lowest BCUT2D eigenvalue weighted by Crippen LogP contribution is -2.18. The van der Waals surface area contributed by atoms with E-state index in [0.29, 0.717) is 11.3 Å². The number of rotatable bonds is 7. The number of halogens is 1. The number of methoxy groups -OCH3 is 2. The highest BCUT2D eigenvalue weighted by Gasteiger charge is 2.23. The zero-order valence-corrected chi connectivity index (χ0v) is 21.4. The molecule has 2 N–H and O–H groups in total. The lowest BCUT2D eigenvalue weighted by atomic mass is 10.1. The van der Waals surface area contributed by atoms with E-state index in [1.54, 1.807) is 19.1 Å². The van der Waals surface area contributed by atoms with Crippen LogP contribution in [-0.2, 0) is 19.5 Å². The van der Waals surface area contributed by atoms with Gasteiger partial charge in [0.2, 0.25) is 0 Å². The Balaban J connectivity index is 1.97. The van der Waals surface area contributed by atoms with Crippen molar-refractivity contribution in [3.05, 3.63) is 87.4 Å². The predicted molar refractivity (Wildman–Crippen MR) is 135 cm³/mol. The van der Waals surface area contributed by atoms with Crippen molar-refractivity contribution in [2.75, 3.05) is 24.3 Å². The van der Waals surface area contributed by atoms with Crippen LogP contribution in [-0.4, -0.2) is 40.5 Å². The summed E-state index contributed by atoms with van der Waals surface area (Å²) < 4.78 is 38.1. The van der Waals surface area contributed by atoms with Gasteiger partial charge in [-0.25, -0.2) is 18.0 Å². The number of sulfonamides is 1. The first kappa shape index (κ1) is 26.7. The smallest absolute Gasteiger partial charge is 0.339 e. The second-order valence-electron chi connectivity index (χ2n) is 7.77. The number of hydrogen-bond acceptors (Lipinski definition) is 7. The number of aryl methyl sites for hydroxylation is 2.